The van der Waals surface area contributed by atoms with Gasteiger partial charge in [0.25, 0.3) is 0 Å². The Morgan fingerprint density at radius 3 is 2.35 bits per heavy atom. The Labute approximate surface area is 124 Å². The molecule has 1 rings (SSSR count). The third kappa shape index (κ3) is 6.23. The zero-order valence-corrected chi connectivity index (χ0v) is 13.7. The van der Waals surface area contributed by atoms with Crippen molar-refractivity contribution in [1.29, 1.82) is 0 Å². The number of rotatable bonds is 7. The van der Waals surface area contributed by atoms with Gasteiger partial charge in [-0.15, -0.1) is 0 Å². The molecule has 1 atom stereocenters. The Kier molecular flexibility index (Phi) is 6.96. The molecule has 0 spiro atoms. The molecule has 0 heterocycles. The van der Waals surface area contributed by atoms with Crippen LogP contribution in [-0.2, 0) is 4.79 Å². The smallest absolute Gasteiger partial charge is 0.221 e. The molecule has 4 heteroatoms. The van der Waals surface area contributed by atoms with Crippen LogP contribution in [0.3, 0.4) is 0 Å². The fraction of sp³-hybridized carbons (Fsp3) is 0.938. The number of hydrogen-bond acceptors (Lipinski definition) is 3. The van der Waals surface area contributed by atoms with Crippen molar-refractivity contribution >= 4 is 5.91 Å². The maximum absolute atomic E-state index is 12.1. The van der Waals surface area contributed by atoms with Crippen LogP contribution in [0, 0.1) is 5.92 Å². The van der Waals surface area contributed by atoms with E-state index in [1.165, 1.54) is 6.42 Å². The van der Waals surface area contributed by atoms with Crippen LogP contribution >= 0.6 is 0 Å². The summed E-state index contributed by atoms with van der Waals surface area (Å²) in [7, 11) is 4.15. The van der Waals surface area contributed by atoms with Crippen molar-refractivity contribution < 1.29 is 4.79 Å². The summed E-state index contributed by atoms with van der Waals surface area (Å²) in [6.07, 6.45) is 7.15. The van der Waals surface area contributed by atoms with E-state index >= 15 is 0 Å². The maximum Gasteiger partial charge on any atom is 0.221 e. The van der Waals surface area contributed by atoms with Gasteiger partial charge in [-0.3, -0.25) is 4.79 Å². The molecule has 0 aromatic carbocycles. The lowest BCUT2D eigenvalue weighted by Crippen LogP contribution is -2.48. The van der Waals surface area contributed by atoms with Crippen molar-refractivity contribution in [2.45, 2.75) is 70.4 Å². The summed E-state index contributed by atoms with van der Waals surface area (Å²) < 4.78 is 0. The van der Waals surface area contributed by atoms with E-state index in [4.69, 9.17) is 5.73 Å². The summed E-state index contributed by atoms with van der Waals surface area (Å²) in [5.74, 6) is 0.753. The van der Waals surface area contributed by atoms with Crippen LogP contribution < -0.4 is 11.1 Å². The van der Waals surface area contributed by atoms with Crippen LogP contribution in [0.1, 0.15) is 58.8 Å². The van der Waals surface area contributed by atoms with Gasteiger partial charge in [0.1, 0.15) is 0 Å². The van der Waals surface area contributed by atoms with E-state index in [0.29, 0.717) is 18.4 Å². The van der Waals surface area contributed by atoms with E-state index in [1.807, 2.05) is 0 Å². The normalized spacial score (nSPS) is 20.1. The van der Waals surface area contributed by atoms with Crippen molar-refractivity contribution in [3.8, 4) is 0 Å². The van der Waals surface area contributed by atoms with Crippen LogP contribution in [0.5, 0.6) is 0 Å². The van der Waals surface area contributed by atoms with Gasteiger partial charge in [0.15, 0.2) is 0 Å². The van der Waals surface area contributed by atoms with Crippen LogP contribution in [0.2, 0.25) is 0 Å². The molecule has 0 aliphatic heterocycles. The van der Waals surface area contributed by atoms with Gasteiger partial charge in [0.05, 0.1) is 0 Å². The molecule has 1 amide bonds. The maximum atomic E-state index is 12.1. The van der Waals surface area contributed by atoms with Gasteiger partial charge in [-0.1, -0.05) is 33.1 Å². The number of nitrogens with one attached hydrogen (secondary N) is 1. The van der Waals surface area contributed by atoms with Crippen LogP contribution in [0.4, 0.5) is 0 Å². The average Bonchev–Trinajstić information content (AvgIpc) is 2.34. The molecule has 0 aromatic heterocycles. The van der Waals surface area contributed by atoms with E-state index in [-0.39, 0.29) is 11.4 Å². The highest BCUT2D eigenvalue weighted by Gasteiger charge is 2.30. The second-order valence-corrected chi connectivity index (χ2v) is 7.15. The molecule has 0 radical (unpaired) electrons. The lowest BCUT2D eigenvalue weighted by atomic mass is 9.80. The number of nitrogens with two attached hydrogens (primary N) is 1. The summed E-state index contributed by atoms with van der Waals surface area (Å²) >= 11 is 0. The molecule has 0 aromatic rings. The molecule has 1 unspecified atom stereocenters. The molecule has 118 valence electrons. The molecular weight excluding hydrogens is 250 g/mol. The third-order valence-corrected chi connectivity index (χ3v) is 4.37. The number of likely N-dealkylation sites (N-methyl/N-ethyl adjacent to an activating group) is 1. The van der Waals surface area contributed by atoms with E-state index in [9.17, 15) is 4.79 Å². The second kappa shape index (κ2) is 7.99. The SMILES string of the molecule is CC(C)CC(CNC(=O)CC1(N)CCCCC1)N(C)C. The Bertz CT molecular complexity index is 296. The molecule has 4 nitrogen and oxygen atoms in total. The standard InChI is InChI=1S/C16H33N3O/c1-13(2)10-14(19(3)4)12-18-15(20)11-16(17)8-6-5-7-9-16/h13-14H,5-12,17H2,1-4H3,(H,18,20). The summed E-state index contributed by atoms with van der Waals surface area (Å²) in [6, 6.07) is 0.402. The molecule has 20 heavy (non-hydrogen) atoms. The van der Waals surface area contributed by atoms with E-state index in [1.54, 1.807) is 0 Å². The fourth-order valence-corrected chi connectivity index (χ4v) is 3.07. The van der Waals surface area contributed by atoms with Gasteiger partial charge in [-0.05, 0) is 39.3 Å². The van der Waals surface area contributed by atoms with Gasteiger partial charge in [-0.2, -0.15) is 0 Å². The van der Waals surface area contributed by atoms with Crippen LogP contribution in [0.25, 0.3) is 0 Å². The zero-order chi connectivity index (χ0) is 15.2. The Morgan fingerprint density at radius 2 is 1.85 bits per heavy atom. The Balaban J connectivity index is 2.37. The number of hydrogen-bond donors (Lipinski definition) is 2. The minimum Gasteiger partial charge on any atom is -0.354 e. The van der Waals surface area contributed by atoms with Crippen LogP contribution in [-0.4, -0.2) is 43.0 Å². The van der Waals surface area contributed by atoms with Gasteiger partial charge in [-0.25, -0.2) is 0 Å². The van der Waals surface area contributed by atoms with Crippen LogP contribution in [0.15, 0.2) is 0 Å². The highest BCUT2D eigenvalue weighted by atomic mass is 16.1. The first-order valence-corrected chi connectivity index (χ1v) is 8.04. The van der Waals surface area contributed by atoms with E-state index in [2.05, 4.69) is 38.2 Å². The molecule has 3 N–H and O–H groups in total. The molecule has 1 saturated carbocycles. The largest absolute Gasteiger partial charge is 0.354 e. The highest BCUT2D eigenvalue weighted by molar-refractivity contribution is 5.77. The number of nitrogens with zero attached hydrogens (tertiary/aromatic N) is 1. The molecule has 0 bridgehead atoms. The third-order valence-electron chi connectivity index (χ3n) is 4.37. The van der Waals surface area contributed by atoms with E-state index < -0.39 is 0 Å². The average molecular weight is 283 g/mol. The Hall–Kier alpha value is -0.610. The first kappa shape index (κ1) is 17.4. The van der Waals surface area contributed by atoms with Gasteiger partial charge in [0.2, 0.25) is 5.91 Å². The second-order valence-electron chi connectivity index (χ2n) is 7.15. The van der Waals surface area contributed by atoms with Gasteiger partial charge in [0, 0.05) is 24.5 Å². The summed E-state index contributed by atoms with van der Waals surface area (Å²) in [5, 5.41) is 3.08. The molecule has 1 fully saturated rings. The predicted octanol–water partition coefficient (Wildman–Crippen LogP) is 2.13. The van der Waals surface area contributed by atoms with Crippen molar-refractivity contribution in [1.82, 2.24) is 10.2 Å². The van der Waals surface area contributed by atoms with Crippen molar-refractivity contribution in [3.63, 3.8) is 0 Å². The lowest BCUT2D eigenvalue weighted by molar-refractivity contribution is -0.122. The number of carbonyl (C=O) groups excluding carboxylic acids is 1. The molecule has 0 saturated heterocycles. The first-order chi connectivity index (χ1) is 9.32. The first-order valence-electron chi connectivity index (χ1n) is 8.04. The summed E-state index contributed by atoms with van der Waals surface area (Å²) in [5.41, 5.74) is 6.08. The van der Waals surface area contributed by atoms with Crippen molar-refractivity contribution in [2.75, 3.05) is 20.6 Å². The molecule has 1 aliphatic rings. The molecule has 1 aliphatic carbocycles. The highest BCUT2D eigenvalue weighted by Crippen LogP contribution is 2.28. The van der Waals surface area contributed by atoms with Crippen molar-refractivity contribution in [2.24, 2.45) is 11.7 Å². The topological polar surface area (TPSA) is 58.4 Å². The van der Waals surface area contributed by atoms with Crippen molar-refractivity contribution in [3.05, 3.63) is 0 Å². The summed E-state index contributed by atoms with van der Waals surface area (Å²) in [4.78, 5) is 14.3. The van der Waals surface area contributed by atoms with Gasteiger partial charge < -0.3 is 16.0 Å². The minimum absolute atomic E-state index is 0.116. The zero-order valence-electron chi connectivity index (χ0n) is 13.7. The van der Waals surface area contributed by atoms with E-state index in [0.717, 1.165) is 38.6 Å². The van der Waals surface area contributed by atoms with Gasteiger partial charge >= 0.3 is 0 Å². The number of amides is 1. The summed E-state index contributed by atoms with van der Waals surface area (Å²) in [6.45, 7) is 5.16. The predicted molar refractivity (Wildman–Crippen MR) is 84.6 cm³/mol. The monoisotopic (exact) mass is 283 g/mol. The lowest BCUT2D eigenvalue weighted by Gasteiger charge is -2.33. The fourth-order valence-electron chi connectivity index (χ4n) is 3.07. The Morgan fingerprint density at radius 1 is 1.25 bits per heavy atom. The minimum atomic E-state index is -0.256. The molecular formula is C16H33N3O. The quantitative estimate of drug-likeness (QED) is 0.752. The number of carbonyl (C=O) groups is 1.